The van der Waals surface area contributed by atoms with Gasteiger partial charge in [-0.05, 0) is 23.3 Å². The van der Waals surface area contributed by atoms with Crippen LogP contribution in [0.4, 0.5) is 0 Å². The third-order valence-corrected chi connectivity index (χ3v) is 3.52. The summed E-state index contributed by atoms with van der Waals surface area (Å²) in [6.45, 7) is 1.17. The van der Waals surface area contributed by atoms with Gasteiger partial charge in [0.15, 0.2) is 11.4 Å². The van der Waals surface area contributed by atoms with E-state index in [1.165, 1.54) is 0 Å². The molecule has 0 amide bonds. The molecule has 2 heterocycles. The molecule has 28 heavy (non-hydrogen) atoms. The minimum absolute atomic E-state index is 0.220. The monoisotopic (exact) mass is 424 g/mol. The maximum absolute atomic E-state index is 8.58. The number of ether oxygens (including phenoxy) is 4. The molecule has 2 aromatic heterocycles. The van der Waals surface area contributed by atoms with Gasteiger partial charge >= 0.3 is 0 Å². The maximum Gasteiger partial charge on any atom is 0.159 e. The summed E-state index contributed by atoms with van der Waals surface area (Å²) in [5.41, 5.74) is 2.07. The zero-order valence-corrected chi connectivity index (χ0v) is 16.8. The van der Waals surface area contributed by atoms with E-state index in [2.05, 4.69) is 9.97 Å². The molecule has 0 fully saturated rings. The average Bonchev–Trinajstić information content (AvgIpc) is 2.69. The Morgan fingerprint density at radius 1 is 0.821 bits per heavy atom. The van der Waals surface area contributed by atoms with Gasteiger partial charge in [0.1, 0.15) is 25.7 Å². The van der Waals surface area contributed by atoms with Crippen molar-refractivity contribution < 1.29 is 18.9 Å². The average molecular weight is 425 g/mol. The highest BCUT2D eigenvalue weighted by Gasteiger charge is 2.03. The van der Waals surface area contributed by atoms with Gasteiger partial charge in [0.25, 0.3) is 0 Å². The van der Waals surface area contributed by atoms with Crippen LogP contribution in [0.25, 0.3) is 0 Å². The van der Waals surface area contributed by atoms with Crippen LogP contribution in [0.5, 0.6) is 0 Å². The molecule has 0 atom stereocenters. The third kappa shape index (κ3) is 8.59. The van der Waals surface area contributed by atoms with E-state index in [0.717, 1.165) is 11.1 Å². The van der Waals surface area contributed by atoms with Gasteiger partial charge in [-0.3, -0.25) is 0 Å². The fourth-order valence-corrected chi connectivity index (χ4v) is 2.23. The SMILES string of the molecule is COCOCc1cnc(C#N)c(Cl)c1.COCOCc1cnc(C#N)c(Cl)c1. The molecule has 0 spiro atoms. The van der Waals surface area contributed by atoms with Crippen molar-refractivity contribution in [2.75, 3.05) is 27.8 Å². The van der Waals surface area contributed by atoms with Crippen molar-refractivity contribution in [3.63, 3.8) is 0 Å². The molecule has 0 N–H and O–H groups in total. The molecule has 148 valence electrons. The summed E-state index contributed by atoms with van der Waals surface area (Å²) in [6.07, 6.45) is 3.11. The highest BCUT2D eigenvalue weighted by atomic mass is 35.5. The Bertz CT molecular complexity index is 768. The van der Waals surface area contributed by atoms with E-state index in [1.807, 2.05) is 12.1 Å². The van der Waals surface area contributed by atoms with Crippen LogP contribution < -0.4 is 0 Å². The van der Waals surface area contributed by atoms with Crippen molar-refractivity contribution in [2.45, 2.75) is 13.2 Å². The summed E-state index contributed by atoms with van der Waals surface area (Å²) in [5.74, 6) is 0. The smallest absolute Gasteiger partial charge is 0.159 e. The lowest BCUT2D eigenvalue weighted by molar-refractivity contribution is -0.0392. The Morgan fingerprint density at radius 3 is 1.50 bits per heavy atom. The molecule has 0 aromatic carbocycles. The maximum atomic E-state index is 8.58. The van der Waals surface area contributed by atoms with Gasteiger partial charge in [0, 0.05) is 26.6 Å². The molecule has 0 radical (unpaired) electrons. The predicted octanol–water partition coefficient (Wildman–Crippen LogP) is 3.45. The van der Waals surface area contributed by atoms with Crippen molar-refractivity contribution in [3.8, 4) is 12.1 Å². The van der Waals surface area contributed by atoms with E-state index in [-0.39, 0.29) is 25.0 Å². The lowest BCUT2D eigenvalue weighted by Crippen LogP contribution is -1.98. The van der Waals surface area contributed by atoms with E-state index in [1.54, 1.807) is 38.7 Å². The first-order valence-electron chi connectivity index (χ1n) is 7.78. The van der Waals surface area contributed by atoms with Gasteiger partial charge in [0.05, 0.1) is 23.3 Å². The highest BCUT2D eigenvalue weighted by Crippen LogP contribution is 2.15. The fourth-order valence-electron chi connectivity index (χ4n) is 1.76. The van der Waals surface area contributed by atoms with Gasteiger partial charge in [-0.2, -0.15) is 10.5 Å². The number of pyridine rings is 2. The van der Waals surface area contributed by atoms with Gasteiger partial charge in [-0.1, -0.05) is 23.2 Å². The Labute approximate surface area is 173 Å². The first-order chi connectivity index (χ1) is 13.5. The van der Waals surface area contributed by atoms with Gasteiger partial charge in [0.2, 0.25) is 0 Å². The van der Waals surface area contributed by atoms with Crippen LogP contribution in [0, 0.1) is 22.7 Å². The minimum Gasteiger partial charge on any atom is -0.359 e. The molecule has 10 heteroatoms. The van der Waals surface area contributed by atoms with E-state index in [9.17, 15) is 0 Å². The van der Waals surface area contributed by atoms with Crippen LogP contribution in [-0.4, -0.2) is 37.8 Å². The molecule has 2 aromatic rings. The zero-order chi connectivity index (χ0) is 20.8. The van der Waals surface area contributed by atoms with Crippen molar-refractivity contribution in [1.82, 2.24) is 9.97 Å². The summed E-state index contributed by atoms with van der Waals surface area (Å²) in [7, 11) is 3.09. The van der Waals surface area contributed by atoms with Crippen molar-refractivity contribution >= 4 is 23.2 Å². The number of methoxy groups -OCH3 is 2. The molecule has 0 saturated carbocycles. The second-order valence-corrected chi connectivity index (χ2v) is 5.90. The first-order valence-corrected chi connectivity index (χ1v) is 8.53. The second-order valence-electron chi connectivity index (χ2n) is 5.08. The van der Waals surface area contributed by atoms with E-state index in [4.69, 9.17) is 52.7 Å². The summed E-state index contributed by atoms with van der Waals surface area (Å²) < 4.78 is 19.6. The largest absolute Gasteiger partial charge is 0.359 e. The quantitative estimate of drug-likeness (QED) is 0.467. The zero-order valence-electron chi connectivity index (χ0n) is 15.3. The lowest BCUT2D eigenvalue weighted by Gasteiger charge is -2.03. The summed E-state index contributed by atoms with van der Waals surface area (Å²) >= 11 is 11.5. The van der Waals surface area contributed by atoms with Crippen molar-refractivity contribution in [1.29, 1.82) is 10.5 Å². The molecule has 0 saturated heterocycles. The number of rotatable bonds is 8. The molecule has 0 aliphatic heterocycles. The van der Waals surface area contributed by atoms with Gasteiger partial charge in [-0.15, -0.1) is 0 Å². The molecule has 0 unspecified atom stereocenters. The van der Waals surface area contributed by atoms with E-state index in [0.29, 0.717) is 23.3 Å². The van der Waals surface area contributed by atoms with Crippen LogP contribution >= 0.6 is 23.2 Å². The third-order valence-electron chi connectivity index (χ3n) is 2.95. The lowest BCUT2D eigenvalue weighted by atomic mass is 10.2. The minimum atomic E-state index is 0.220. The Balaban J connectivity index is 0.000000280. The normalized spacial score (nSPS) is 9.79. The van der Waals surface area contributed by atoms with Crippen LogP contribution in [0.3, 0.4) is 0 Å². The molecule has 0 aliphatic rings. The van der Waals surface area contributed by atoms with E-state index < -0.39 is 0 Å². The Hall–Kier alpha value is -2.30. The first kappa shape index (κ1) is 23.7. The van der Waals surface area contributed by atoms with Crippen LogP contribution in [0.15, 0.2) is 24.5 Å². The van der Waals surface area contributed by atoms with Gasteiger partial charge in [-0.25, -0.2) is 9.97 Å². The number of hydrogen-bond donors (Lipinski definition) is 0. The standard InChI is InChI=1S/2C9H9ClN2O2/c2*1-13-6-14-5-7-2-8(10)9(3-11)12-4-7/h2*2,4H,5-6H2,1H3. The molecule has 8 nitrogen and oxygen atoms in total. The van der Waals surface area contributed by atoms with Crippen LogP contribution in [0.2, 0.25) is 10.0 Å². The predicted molar refractivity (Wildman–Crippen MR) is 101 cm³/mol. The van der Waals surface area contributed by atoms with Crippen LogP contribution in [0.1, 0.15) is 22.5 Å². The molecule has 2 rings (SSSR count). The van der Waals surface area contributed by atoms with E-state index >= 15 is 0 Å². The molecule has 0 aliphatic carbocycles. The highest BCUT2D eigenvalue weighted by molar-refractivity contribution is 6.31. The molecule has 0 bridgehead atoms. The second kappa shape index (κ2) is 13.8. The fraction of sp³-hybridized carbons (Fsp3) is 0.333. The molecular formula is C18H18Cl2N4O4. The number of nitriles is 2. The number of hydrogen-bond acceptors (Lipinski definition) is 8. The summed E-state index contributed by atoms with van der Waals surface area (Å²) in [5, 5.41) is 17.8. The van der Waals surface area contributed by atoms with Crippen molar-refractivity contribution in [2.24, 2.45) is 0 Å². The molecular weight excluding hydrogens is 407 g/mol. The van der Waals surface area contributed by atoms with Crippen molar-refractivity contribution in [3.05, 3.63) is 57.1 Å². The Morgan fingerprint density at radius 2 is 1.21 bits per heavy atom. The van der Waals surface area contributed by atoms with Crippen LogP contribution in [-0.2, 0) is 32.2 Å². The number of nitrogens with zero attached hydrogens (tertiary/aromatic N) is 4. The summed E-state index contributed by atoms with van der Waals surface area (Å²) in [6, 6.07) is 7.07. The number of aromatic nitrogens is 2. The Kier molecular flexibility index (Phi) is 11.7. The summed E-state index contributed by atoms with van der Waals surface area (Å²) in [4.78, 5) is 7.72. The topological polar surface area (TPSA) is 110 Å². The number of halogens is 2. The van der Waals surface area contributed by atoms with Gasteiger partial charge < -0.3 is 18.9 Å².